The fraction of sp³-hybridized carbons (Fsp3) is 0.526. The Morgan fingerprint density at radius 3 is 2.60 bits per heavy atom. The van der Waals surface area contributed by atoms with Crippen LogP contribution in [-0.2, 0) is 14.4 Å². The van der Waals surface area contributed by atoms with Gasteiger partial charge in [0.05, 0.1) is 24.7 Å². The largest absolute Gasteiger partial charge is 0.326 e. The molecule has 0 spiro atoms. The monoisotopic (exact) mass is 344 g/mol. The molecule has 0 aliphatic carbocycles. The number of benzene rings is 1. The predicted octanol–water partition coefficient (Wildman–Crippen LogP) is 1.12. The number of hydrogen-bond donors (Lipinski definition) is 2. The molecule has 1 unspecified atom stereocenters. The predicted molar refractivity (Wildman–Crippen MR) is 95.4 cm³/mol. The van der Waals surface area contributed by atoms with E-state index in [1.807, 2.05) is 0 Å². The molecule has 0 radical (unpaired) electrons. The molecule has 6 heteroatoms. The lowest BCUT2D eigenvalue weighted by Crippen LogP contribution is -3.20. The second-order valence-electron chi connectivity index (χ2n) is 6.98. The number of carbonyl (C=O) groups is 3. The van der Waals surface area contributed by atoms with E-state index in [1.54, 1.807) is 24.3 Å². The number of imide groups is 1. The second kappa shape index (κ2) is 7.35. The Morgan fingerprint density at radius 2 is 1.96 bits per heavy atom. The normalized spacial score (nSPS) is 26.8. The van der Waals surface area contributed by atoms with Gasteiger partial charge in [-0.1, -0.05) is 6.92 Å². The van der Waals surface area contributed by atoms with E-state index in [2.05, 4.69) is 12.2 Å². The van der Waals surface area contributed by atoms with Gasteiger partial charge in [0.15, 0.2) is 6.04 Å². The third-order valence-electron chi connectivity index (χ3n) is 5.33. The minimum atomic E-state index is -0.257. The van der Waals surface area contributed by atoms with Crippen LogP contribution in [0.3, 0.4) is 0 Å². The highest BCUT2D eigenvalue weighted by molar-refractivity contribution is 6.21. The van der Waals surface area contributed by atoms with Crippen molar-refractivity contribution in [1.29, 1.82) is 0 Å². The van der Waals surface area contributed by atoms with E-state index in [-0.39, 0.29) is 30.2 Å². The van der Waals surface area contributed by atoms with Crippen molar-refractivity contribution in [3.05, 3.63) is 24.3 Å². The lowest BCUT2D eigenvalue weighted by Gasteiger charge is -2.35. The Labute approximate surface area is 148 Å². The molecule has 1 aromatic rings. The first-order chi connectivity index (χ1) is 12.0. The zero-order valence-corrected chi connectivity index (χ0v) is 14.9. The summed E-state index contributed by atoms with van der Waals surface area (Å²) in [7, 11) is 0. The van der Waals surface area contributed by atoms with Crippen molar-refractivity contribution in [2.24, 2.45) is 0 Å². The van der Waals surface area contributed by atoms with Crippen LogP contribution >= 0.6 is 0 Å². The Morgan fingerprint density at radius 1 is 1.24 bits per heavy atom. The summed E-state index contributed by atoms with van der Waals surface area (Å²) in [6.45, 7) is 4.57. The van der Waals surface area contributed by atoms with Crippen LogP contribution in [0.2, 0.25) is 0 Å². The lowest BCUT2D eigenvalue weighted by atomic mass is 9.97. The fourth-order valence-electron chi connectivity index (χ4n) is 4.12. The van der Waals surface area contributed by atoms with Gasteiger partial charge in [-0.05, 0) is 49.9 Å². The minimum Gasteiger partial charge on any atom is -0.326 e. The standard InChI is InChI=1S/C19H25N3O3/c1-3-15-6-4-5-11-21(15)17-12-18(24)22(19(17)25)16-9-7-14(8-10-16)20-13(2)23/h7-10,15,17H,3-6,11-12H2,1-2H3,(H,20,23)/p+1/t15-,17+/m0/s1. The third-order valence-corrected chi connectivity index (χ3v) is 5.33. The van der Waals surface area contributed by atoms with Crippen LogP contribution in [0.1, 0.15) is 46.0 Å². The quantitative estimate of drug-likeness (QED) is 0.804. The summed E-state index contributed by atoms with van der Waals surface area (Å²) < 4.78 is 0. The molecule has 3 amide bonds. The van der Waals surface area contributed by atoms with Gasteiger partial charge < -0.3 is 10.2 Å². The number of anilines is 2. The van der Waals surface area contributed by atoms with E-state index in [0.29, 0.717) is 17.4 Å². The van der Waals surface area contributed by atoms with Crippen molar-refractivity contribution in [1.82, 2.24) is 0 Å². The van der Waals surface area contributed by atoms with Crippen LogP contribution in [-0.4, -0.2) is 36.3 Å². The average Bonchev–Trinajstić information content (AvgIpc) is 2.89. The topological polar surface area (TPSA) is 70.9 Å². The van der Waals surface area contributed by atoms with Crippen molar-refractivity contribution < 1.29 is 19.3 Å². The second-order valence-corrected chi connectivity index (χ2v) is 6.98. The van der Waals surface area contributed by atoms with Gasteiger partial charge in [0, 0.05) is 12.6 Å². The average molecular weight is 344 g/mol. The van der Waals surface area contributed by atoms with E-state index in [4.69, 9.17) is 0 Å². The lowest BCUT2D eigenvalue weighted by molar-refractivity contribution is -0.944. The van der Waals surface area contributed by atoms with Crippen molar-refractivity contribution in [2.75, 3.05) is 16.8 Å². The van der Waals surface area contributed by atoms with Crippen LogP contribution in [0.25, 0.3) is 0 Å². The third kappa shape index (κ3) is 3.58. The highest BCUT2D eigenvalue weighted by atomic mass is 16.2. The van der Waals surface area contributed by atoms with Crippen LogP contribution in [0.5, 0.6) is 0 Å². The summed E-state index contributed by atoms with van der Waals surface area (Å²) in [4.78, 5) is 39.2. The van der Waals surface area contributed by atoms with Crippen LogP contribution in [0.15, 0.2) is 24.3 Å². The highest BCUT2D eigenvalue weighted by Crippen LogP contribution is 2.24. The van der Waals surface area contributed by atoms with E-state index in [0.717, 1.165) is 25.8 Å². The Bertz CT molecular complexity index is 671. The number of carbonyl (C=O) groups excluding carboxylic acids is 3. The smallest absolute Gasteiger partial charge is 0.292 e. The molecule has 25 heavy (non-hydrogen) atoms. The number of amides is 3. The first-order valence-electron chi connectivity index (χ1n) is 9.11. The van der Waals surface area contributed by atoms with E-state index in [9.17, 15) is 14.4 Å². The van der Waals surface area contributed by atoms with Gasteiger partial charge in [0.2, 0.25) is 11.8 Å². The van der Waals surface area contributed by atoms with Crippen molar-refractivity contribution in [3.8, 4) is 0 Å². The summed E-state index contributed by atoms with van der Waals surface area (Å²) in [5.74, 6) is -0.372. The molecular formula is C19H26N3O3+. The molecule has 2 saturated heterocycles. The molecule has 134 valence electrons. The zero-order valence-electron chi connectivity index (χ0n) is 14.9. The Kier molecular flexibility index (Phi) is 5.18. The number of piperidine rings is 1. The molecule has 0 saturated carbocycles. The maximum atomic E-state index is 13.0. The summed E-state index contributed by atoms with van der Waals surface area (Å²) in [5, 5.41) is 2.69. The summed E-state index contributed by atoms with van der Waals surface area (Å²) >= 11 is 0. The molecule has 2 aliphatic rings. The summed E-state index contributed by atoms with van der Waals surface area (Å²) in [6, 6.07) is 7.07. The SMILES string of the molecule is CC[C@H]1CCCC[NH+]1[C@@H]1CC(=O)N(c2ccc(NC(C)=O)cc2)C1=O. The van der Waals surface area contributed by atoms with Crippen LogP contribution < -0.4 is 15.1 Å². The first kappa shape index (κ1) is 17.6. The van der Waals surface area contributed by atoms with Gasteiger partial charge in [-0.2, -0.15) is 0 Å². The number of quaternary nitrogens is 1. The zero-order chi connectivity index (χ0) is 18.0. The number of rotatable bonds is 4. The van der Waals surface area contributed by atoms with Gasteiger partial charge in [0.25, 0.3) is 5.91 Å². The molecular weight excluding hydrogens is 318 g/mol. The molecule has 6 nitrogen and oxygen atoms in total. The highest BCUT2D eigenvalue weighted by Gasteiger charge is 2.47. The van der Waals surface area contributed by atoms with Crippen LogP contribution in [0, 0.1) is 0 Å². The van der Waals surface area contributed by atoms with Gasteiger partial charge in [-0.25, -0.2) is 4.90 Å². The maximum Gasteiger partial charge on any atom is 0.292 e. The summed E-state index contributed by atoms with van der Waals surface area (Å²) in [5.41, 5.74) is 1.23. The van der Waals surface area contributed by atoms with Crippen LogP contribution in [0.4, 0.5) is 11.4 Å². The number of likely N-dealkylation sites (tertiary alicyclic amines) is 1. The van der Waals surface area contributed by atoms with E-state index in [1.165, 1.54) is 23.1 Å². The molecule has 2 heterocycles. The number of hydrogen-bond acceptors (Lipinski definition) is 3. The van der Waals surface area contributed by atoms with Crippen molar-refractivity contribution in [3.63, 3.8) is 0 Å². The Hall–Kier alpha value is -2.21. The van der Waals surface area contributed by atoms with Crippen molar-refractivity contribution >= 4 is 29.1 Å². The van der Waals surface area contributed by atoms with E-state index >= 15 is 0 Å². The molecule has 0 bridgehead atoms. The van der Waals surface area contributed by atoms with Gasteiger partial charge in [-0.3, -0.25) is 14.4 Å². The molecule has 1 aromatic carbocycles. The first-order valence-corrected chi connectivity index (χ1v) is 9.11. The van der Waals surface area contributed by atoms with Crippen molar-refractivity contribution in [2.45, 2.75) is 58.0 Å². The van der Waals surface area contributed by atoms with Gasteiger partial charge in [-0.15, -0.1) is 0 Å². The van der Waals surface area contributed by atoms with Gasteiger partial charge in [0.1, 0.15) is 0 Å². The molecule has 0 aromatic heterocycles. The molecule has 3 rings (SSSR count). The molecule has 2 aliphatic heterocycles. The number of nitrogens with one attached hydrogen (secondary N) is 2. The minimum absolute atomic E-state index is 0.0902. The summed E-state index contributed by atoms with van der Waals surface area (Å²) in [6.07, 6.45) is 4.80. The fourth-order valence-corrected chi connectivity index (χ4v) is 4.12. The molecule has 3 atom stereocenters. The maximum absolute atomic E-state index is 13.0. The van der Waals surface area contributed by atoms with E-state index < -0.39 is 0 Å². The number of nitrogens with zero attached hydrogens (tertiary/aromatic N) is 1. The molecule has 2 N–H and O–H groups in total. The molecule has 2 fully saturated rings. The Balaban J connectivity index is 1.78. The van der Waals surface area contributed by atoms with Gasteiger partial charge >= 0.3 is 0 Å².